The minimum atomic E-state index is -0.429. The highest BCUT2D eigenvalue weighted by Crippen LogP contribution is 2.26. The molecule has 0 spiro atoms. The van der Waals surface area contributed by atoms with Crippen LogP contribution >= 0.6 is 31.9 Å². The summed E-state index contributed by atoms with van der Waals surface area (Å²) in [6.45, 7) is 1.74. The van der Waals surface area contributed by atoms with Crippen LogP contribution in [0.5, 0.6) is 0 Å². The molecule has 0 bridgehead atoms. The fraction of sp³-hybridized carbons (Fsp3) is 0.0526. The van der Waals surface area contributed by atoms with Gasteiger partial charge in [-0.3, -0.25) is 15.2 Å². The van der Waals surface area contributed by atoms with Crippen molar-refractivity contribution in [1.82, 2.24) is 20.0 Å². The lowest BCUT2D eigenvalue weighted by atomic mass is 10.2. The van der Waals surface area contributed by atoms with Gasteiger partial charge in [0.25, 0.3) is 5.69 Å². The number of aromatic amines is 1. The van der Waals surface area contributed by atoms with Gasteiger partial charge in [0.05, 0.1) is 4.92 Å². The summed E-state index contributed by atoms with van der Waals surface area (Å²) in [5.41, 5.74) is 1.14. The van der Waals surface area contributed by atoms with Gasteiger partial charge in [0, 0.05) is 39.8 Å². The van der Waals surface area contributed by atoms with Crippen molar-refractivity contribution in [2.45, 2.75) is 6.92 Å². The first kappa shape index (κ1) is 22.4. The van der Waals surface area contributed by atoms with Crippen molar-refractivity contribution in [2.75, 3.05) is 0 Å². The quantitative estimate of drug-likeness (QED) is 0.263. The van der Waals surface area contributed by atoms with Crippen LogP contribution in [0.3, 0.4) is 0 Å². The molecule has 7 nitrogen and oxygen atoms in total. The van der Waals surface area contributed by atoms with Crippen molar-refractivity contribution in [3.05, 3.63) is 104 Å². The number of hydrogen-bond acceptors (Lipinski definition) is 4. The largest absolute Gasteiger partial charge is 0.295 e. The minimum absolute atomic E-state index is 0.0214. The molecule has 0 aliphatic rings. The fourth-order valence-electron chi connectivity index (χ4n) is 2.07. The topological polar surface area (TPSA) is 89.6 Å². The van der Waals surface area contributed by atoms with E-state index in [1.807, 2.05) is 6.07 Å². The molecule has 1 N–H and O–H groups in total. The average Bonchev–Trinajstić information content (AvgIpc) is 3.41. The van der Waals surface area contributed by atoms with Crippen LogP contribution in [0.4, 0.5) is 10.1 Å². The molecule has 2 aromatic heterocycles. The van der Waals surface area contributed by atoms with Crippen LogP contribution in [0.1, 0.15) is 5.56 Å². The molecule has 4 rings (SSSR count). The summed E-state index contributed by atoms with van der Waals surface area (Å²) in [4.78, 5) is 10.4. The number of aromatic nitrogens is 4. The molecule has 0 aliphatic carbocycles. The Morgan fingerprint density at radius 1 is 1.10 bits per heavy atom. The molecular weight excluding hydrogens is 509 g/mol. The number of nitro groups is 1. The van der Waals surface area contributed by atoms with Crippen molar-refractivity contribution in [2.24, 2.45) is 0 Å². The second-order valence-electron chi connectivity index (χ2n) is 5.50. The van der Waals surface area contributed by atoms with Crippen LogP contribution < -0.4 is 0 Å². The third kappa shape index (κ3) is 7.24. The highest BCUT2D eigenvalue weighted by atomic mass is 79.9. The molecule has 0 amide bonds. The Kier molecular flexibility index (Phi) is 8.68. The summed E-state index contributed by atoms with van der Waals surface area (Å²) < 4.78 is 15.5. The third-order valence-electron chi connectivity index (χ3n) is 3.41. The molecule has 0 radical (unpaired) electrons. The van der Waals surface area contributed by atoms with Gasteiger partial charge in [-0.2, -0.15) is 10.2 Å². The number of hydrogen-bond donors (Lipinski definition) is 1. The van der Waals surface area contributed by atoms with Crippen molar-refractivity contribution in [3.63, 3.8) is 0 Å². The maximum Gasteiger partial charge on any atom is 0.295 e. The van der Waals surface area contributed by atoms with E-state index >= 15 is 0 Å². The monoisotopic (exact) mass is 523 g/mol. The molecule has 0 saturated carbocycles. The molecule has 10 heteroatoms. The van der Waals surface area contributed by atoms with E-state index < -0.39 is 4.92 Å². The number of benzene rings is 2. The van der Waals surface area contributed by atoms with E-state index in [1.54, 1.807) is 62.0 Å². The number of nitrogens with one attached hydrogen (secondary N) is 1. The lowest BCUT2D eigenvalue weighted by Gasteiger charge is -2.02. The first-order valence-corrected chi connectivity index (χ1v) is 9.76. The van der Waals surface area contributed by atoms with Crippen molar-refractivity contribution in [1.29, 1.82) is 0 Å². The van der Waals surface area contributed by atoms with E-state index in [0.29, 0.717) is 15.7 Å². The number of rotatable bonds is 2. The zero-order valence-electron chi connectivity index (χ0n) is 15.2. The molecule has 2 heterocycles. The van der Waals surface area contributed by atoms with Gasteiger partial charge < -0.3 is 0 Å². The number of halogens is 3. The summed E-state index contributed by atoms with van der Waals surface area (Å²) in [5, 5.41) is 21.0. The molecule has 2 aromatic carbocycles. The van der Waals surface area contributed by atoms with Crippen molar-refractivity contribution in [3.8, 4) is 5.69 Å². The first-order valence-electron chi connectivity index (χ1n) is 8.18. The molecule has 4 aromatic rings. The molecular formula is C19H16Br2FN5O2. The van der Waals surface area contributed by atoms with Gasteiger partial charge >= 0.3 is 0 Å². The summed E-state index contributed by atoms with van der Waals surface area (Å²) in [5.74, 6) is -0.154. The highest BCUT2D eigenvalue weighted by molar-refractivity contribution is 9.10. The Labute approximate surface area is 183 Å². The second kappa shape index (κ2) is 11.2. The second-order valence-corrected chi connectivity index (χ2v) is 7.33. The predicted molar refractivity (Wildman–Crippen MR) is 115 cm³/mol. The van der Waals surface area contributed by atoms with Gasteiger partial charge in [-0.15, -0.1) is 0 Å². The highest BCUT2D eigenvalue weighted by Gasteiger charge is 2.15. The zero-order valence-corrected chi connectivity index (χ0v) is 18.3. The Morgan fingerprint density at radius 2 is 1.83 bits per heavy atom. The van der Waals surface area contributed by atoms with Crippen LogP contribution in [0, 0.1) is 22.9 Å². The van der Waals surface area contributed by atoms with E-state index in [2.05, 4.69) is 47.2 Å². The molecule has 150 valence electrons. The van der Waals surface area contributed by atoms with Crippen LogP contribution in [0.2, 0.25) is 0 Å². The standard InChI is InChI=1S/C9H6BrN3O2.C7H6BrF.C3H4N2/c10-7-2-3-8(9(6-7)13(14)15)12-5-1-4-11-12;1-5-4-6(8)2-3-7(5)9;1-2-4-5-3-1/h1-6H;2-4H,1H3;1-3H,(H,4,5). The Hall–Kier alpha value is -2.85. The SMILES string of the molecule is Cc1cc(Br)ccc1F.O=[N+]([O-])c1cc(Br)ccc1-n1cccn1.c1cn[nH]c1. The van der Waals surface area contributed by atoms with E-state index in [1.165, 1.54) is 16.8 Å². The maximum atomic E-state index is 12.5. The number of aryl methyl sites for hydroxylation is 1. The van der Waals surface area contributed by atoms with Gasteiger partial charge in [0.15, 0.2) is 0 Å². The Bertz CT molecular complexity index is 1020. The van der Waals surface area contributed by atoms with Crippen LogP contribution in [-0.4, -0.2) is 24.9 Å². The number of H-pyrrole nitrogens is 1. The zero-order chi connectivity index (χ0) is 21.2. The average molecular weight is 525 g/mol. The summed E-state index contributed by atoms with van der Waals surface area (Å²) in [6, 6.07) is 13.3. The van der Waals surface area contributed by atoms with Crippen LogP contribution in [0.15, 0.2) is 82.3 Å². The molecule has 0 fully saturated rings. The Balaban J connectivity index is 0.000000180. The lowest BCUT2D eigenvalue weighted by molar-refractivity contribution is -0.384. The smallest absolute Gasteiger partial charge is 0.286 e. The lowest BCUT2D eigenvalue weighted by Crippen LogP contribution is -2.00. The molecule has 29 heavy (non-hydrogen) atoms. The van der Waals surface area contributed by atoms with Crippen LogP contribution in [0.25, 0.3) is 5.69 Å². The summed E-state index contributed by atoms with van der Waals surface area (Å²) >= 11 is 6.42. The number of nitro benzene ring substituents is 1. The molecule has 0 aliphatic heterocycles. The van der Waals surface area contributed by atoms with E-state index in [0.717, 1.165) is 4.47 Å². The van der Waals surface area contributed by atoms with Gasteiger partial charge in [0.1, 0.15) is 11.5 Å². The van der Waals surface area contributed by atoms with E-state index in [9.17, 15) is 14.5 Å². The van der Waals surface area contributed by atoms with Crippen molar-refractivity contribution < 1.29 is 9.31 Å². The summed E-state index contributed by atoms with van der Waals surface area (Å²) in [7, 11) is 0. The van der Waals surface area contributed by atoms with Gasteiger partial charge in [-0.1, -0.05) is 31.9 Å². The van der Waals surface area contributed by atoms with E-state index in [4.69, 9.17) is 0 Å². The molecule has 0 atom stereocenters. The van der Waals surface area contributed by atoms with Crippen molar-refractivity contribution >= 4 is 37.5 Å². The molecule has 0 saturated heterocycles. The first-order chi connectivity index (χ1) is 13.9. The maximum absolute atomic E-state index is 12.5. The summed E-state index contributed by atoms with van der Waals surface area (Å²) in [6.07, 6.45) is 6.70. The van der Waals surface area contributed by atoms with E-state index in [-0.39, 0.29) is 11.5 Å². The minimum Gasteiger partial charge on any atom is -0.286 e. The fourth-order valence-corrected chi connectivity index (χ4v) is 2.90. The van der Waals surface area contributed by atoms with Gasteiger partial charge in [0.2, 0.25) is 0 Å². The van der Waals surface area contributed by atoms with Gasteiger partial charge in [-0.05, 0) is 55.0 Å². The third-order valence-corrected chi connectivity index (χ3v) is 4.40. The number of nitrogens with zero attached hydrogens (tertiary/aromatic N) is 4. The molecule has 0 unspecified atom stereocenters. The van der Waals surface area contributed by atoms with Crippen LogP contribution in [-0.2, 0) is 0 Å². The Morgan fingerprint density at radius 3 is 2.31 bits per heavy atom. The normalized spacial score (nSPS) is 9.66. The van der Waals surface area contributed by atoms with Gasteiger partial charge in [-0.25, -0.2) is 9.07 Å². The predicted octanol–water partition coefficient (Wildman–Crippen LogP) is 5.85.